The van der Waals surface area contributed by atoms with E-state index in [1.807, 2.05) is 37.3 Å². The molecule has 0 aliphatic carbocycles. The predicted molar refractivity (Wildman–Crippen MR) is 200 cm³/mol. The van der Waals surface area contributed by atoms with Gasteiger partial charge in [0, 0.05) is 50.0 Å². The third kappa shape index (κ3) is 10.0. The van der Waals surface area contributed by atoms with Gasteiger partial charge in [0.25, 0.3) is 0 Å². The molecule has 0 bridgehead atoms. The zero-order chi connectivity index (χ0) is 35.6. The van der Waals surface area contributed by atoms with E-state index in [1.54, 1.807) is 11.8 Å². The van der Waals surface area contributed by atoms with Gasteiger partial charge in [0.15, 0.2) is 6.23 Å². The average molecular weight is 663 g/mol. The molecule has 8 nitrogen and oxygen atoms in total. The second-order valence-corrected chi connectivity index (χ2v) is 15.1. The van der Waals surface area contributed by atoms with E-state index in [0.29, 0.717) is 24.6 Å². The van der Waals surface area contributed by atoms with Crippen molar-refractivity contribution >= 4 is 30.0 Å². The van der Waals surface area contributed by atoms with Gasteiger partial charge in [-0.05, 0) is 107 Å². The first kappa shape index (κ1) is 38.9. The molecule has 2 amide bonds. The Morgan fingerprint density at radius 2 is 1.67 bits per heavy atom. The summed E-state index contributed by atoms with van der Waals surface area (Å²) in [7, 11) is 0. The van der Waals surface area contributed by atoms with Crippen LogP contribution in [-0.2, 0) is 9.53 Å². The van der Waals surface area contributed by atoms with Crippen LogP contribution in [0.4, 0.5) is 16.2 Å². The van der Waals surface area contributed by atoms with Crippen molar-refractivity contribution in [3.05, 3.63) is 59.2 Å². The number of rotatable bonds is 15. The Morgan fingerprint density at radius 3 is 2.27 bits per heavy atom. The number of benzene rings is 2. The van der Waals surface area contributed by atoms with Crippen LogP contribution in [0.1, 0.15) is 91.8 Å². The molecule has 1 atom stereocenters. The Bertz CT molecular complexity index is 1370. The summed E-state index contributed by atoms with van der Waals surface area (Å²) in [5.74, 6) is 0.936. The van der Waals surface area contributed by atoms with E-state index < -0.39 is 17.9 Å². The number of amides is 2. The van der Waals surface area contributed by atoms with Crippen LogP contribution in [0, 0.1) is 25.2 Å². The molecule has 0 saturated carbocycles. The van der Waals surface area contributed by atoms with Crippen molar-refractivity contribution in [1.29, 1.82) is 0 Å². The second kappa shape index (κ2) is 17.2. The van der Waals surface area contributed by atoms with Crippen LogP contribution in [0.15, 0.2) is 42.5 Å². The van der Waals surface area contributed by atoms with Crippen LogP contribution in [0.25, 0.3) is 6.08 Å². The van der Waals surface area contributed by atoms with E-state index in [4.69, 9.17) is 9.47 Å². The highest BCUT2D eigenvalue weighted by atomic mass is 16.6. The Hall–Kier alpha value is -3.52. The number of piperazine rings is 1. The average Bonchev–Trinajstić information content (AvgIpc) is 3.02. The van der Waals surface area contributed by atoms with Gasteiger partial charge in [-0.15, -0.1) is 0 Å². The lowest BCUT2D eigenvalue weighted by Crippen LogP contribution is -2.57. The zero-order valence-corrected chi connectivity index (χ0v) is 31.6. The molecule has 0 spiro atoms. The van der Waals surface area contributed by atoms with E-state index in [0.717, 1.165) is 57.5 Å². The number of unbranched alkanes of at least 4 members (excludes halogenated alkanes) is 1. The van der Waals surface area contributed by atoms with Gasteiger partial charge in [0.05, 0.1) is 12.3 Å². The van der Waals surface area contributed by atoms with Crippen LogP contribution >= 0.6 is 0 Å². The minimum Gasteiger partial charge on any atom is -0.494 e. The van der Waals surface area contributed by atoms with Gasteiger partial charge in [0.2, 0.25) is 6.41 Å². The van der Waals surface area contributed by atoms with E-state index in [-0.39, 0.29) is 11.3 Å². The van der Waals surface area contributed by atoms with Gasteiger partial charge in [-0.2, -0.15) is 0 Å². The van der Waals surface area contributed by atoms with Crippen molar-refractivity contribution in [3.63, 3.8) is 0 Å². The van der Waals surface area contributed by atoms with Crippen LogP contribution in [0.3, 0.4) is 0 Å². The first-order chi connectivity index (χ1) is 22.6. The highest BCUT2D eigenvalue weighted by Gasteiger charge is 2.42. The molecule has 1 aliphatic rings. The second-order valence-electron chi connectivity index (χ2n) is 15.1. The summed E-state index contributed by atoms with van der Waals surface area (Å²) in [6.07, 6.45) is 5.33. The summed E-state index contributed by atoms with van der Waals surface area (Å²) >= 11 is 0. The summed E-state index contributed by atoms with van der Waals surface area (Å²) in [5.41, 5.74) is 4.90. The predicted octanol–water partition coefficient (Wildman–Crippen LogP) is 8.55. The lowest BCUT2D eigenvalue weighted by molar-refractivity contribution is -0.109. The molecule has 1 saturated heterocycles. The molecule has 8 heteroatoms. The van der Waals surface area contributed by atoms with Gasteiger partial charge in [-0.25, -0.2) is 4.79 Å². The van der Waals surface area contributed by atoms with E-state index in [1.165, 1.54) is 21.7 Å². The molecule has 0 N–H and O–H groups in total. The van der Waals surface area contributed by atoms with Crippen LogP contribution in [0.2, 0.25) is 0 Å². The van der Waals surface area contributed by atoms with Crippen molar-refractivity contribution in [2.45, 2.75) is 101 Å². The van der Waals surface area contributed by atoms with Crippen LogP contribution in [-0.4, -0.2) is 79.9 Å². The summed E-state index contributed by atoms with van der Waals surface area (Å²) < 4.78 is 12.2. The largest absolute Gasteiger partial charge is 0.494 e. The van der Waals surface area contributed by atoms with E-state index in [9.17, 15) is 9.59 Å². The zero-order valence-electron chi connectivity index (χ0n) is 31.6. The number of ether oxygens (including phenoxy) is 2. The maximum absolute atomic E-state index is 13.7. The van der Waals surface area contributed by atoms with Gasteiger partial charge in [0.1, 0.15) is 5.75 Å². The summed E-state index contributed by atoms with van der Waals surface area (Å²) in [6, 6.07) is 12.3. The third-order valence-corrected chi connectivity index (χ3v) is 10.1. The molecule has 0 aromatic heterocycles. The minimum atomic E-state index is -0.824. The Kier molecular flexibility index (Phi) is 14.0. The van der Waals surface area contributed by atoms with Gasteiger partial charge < -0.3 is 19.3 Å². The first-order valence-electron chi connectivity index (χ1n) is 17.8. The van der Waals surface area contributed by atoms with E-state index in [2.05, 4.69) is 90.3 Å². The number of carbonyl (C=O) groups excluding carboxylic acids is 2. The number of allylic oxidation sites excluding steroid dienone is 1. The minimum absolute atomic E-state index is 0.185. The highest BCUT2D eigenvalue weighted by molar-refractivity contribution is 5.83. The maximum Gasteiger partial charge on any atom is 0.412 e. The van der Waals surface area contributed by atoms with Crippen LogP contribution < -0.4 is 14.5 Å². The molecule has 1 aliphatic heterocycles. The van der Waals surface area contributed by atoms with Gasteiger partial charge in [-0.3, -0.25) is 14.6 Å². The Labute approximate surface area is 291 Å². The molecule has 0 radical (unpaired) electrons. The van der Waals surface area contributed by atoms with Crippen molar-refractivity contribution < 1.29 is 19.1 Å². The SMILES string of the molecule is C/C=C\c1ccc(OCCCCN2CCN(c3cccc(C)c3C)CC2)cc1N(C=O)C(C)OC(=O)N(CC(C)C)C(C)(C)C(C)(C)C. The topological polar surface area (TPSA) is 65.6 Å². The molecular weight excluding hydrogens is 600 g/mol. The summed E-state index contributed by atoms with van der Waals surface area (Å²) in [4.78, 5) is 34.5. The number of aryl methyl sites for hydroxylation is 1. The van der Waals surface area contributed by atoms with Crippen molar-refractivity contribution in [1.82, 2.24) is 9.80 Å². The third-order valence-electron chi connectivity index (χ3n) is 10.1. The fourth-order valence-corrected chi connectivity index (χ4v) is 5.98. The van der Waals surface area contributed by atoms with Gasteiger partial charge >= 0.3 is 6.09 Å². The lowest BCUT2D eigenvalue weighted by Gasteiger charge is -2.48. The quantitative estimate of drug-likeness (QED) is 0.108. The Balaban J connectivity index is 1.59. The lowest BCUT2D eigenvalue weighted by atomic mass is 9.75. The number of hydrogen-bond donors (Lipinski definition) is 0. The smallest absolute Gasteiger partial charge is 0.412 e. The Morgan fingerprint density at radius 1 is 0.979 bits per heavy atom. The number of anilines is 2. The van der Waals surface area contributed by atoms with Crippen molar-refractivity contribution in [2.24, 2.45) is 11.3 Å². The molecular formula is C40H62N4O4. The highest BCUT2D eigenvalue weighted by Crippen LogP contribution is 2.37. The molecule has 1 fully saturated rings. The molecule has 266 valence electrons. The summed E-state index contributed by atoms with van der Waals surface area (Å²) in [5, 5.41) is 0. The normalized spacial score (nSPS) is 15.1. The number of carbonyl (C=O) groups is 2. The maximum atomic E-state index is 13.7. The molecule has 3 rings (SSSR count). The fourth-order valence-electron chi connectivity index (χ4n) is 5.98. The van der Waals surface area contributed by atoms with Crippen molar-refractivity contribution in [2.75, 3.05) is 55.7 Å². The molecule has 2 aromatic rings. The van der Waals surface area contributed by atoms with Gasteiger partial charge in [-0.1, -0.05) is 58.9 Å². The molecule has 1 unspecified atom stereocenters. The molecule has 2 aromatic carbocycles. The molecule has 48 heavy (non-hydrogen) atoms. The van der Waals surface area contributed by atoms with Crippen molar-refractivity contribution in [3.8, 4) is 5.75 Å². The van der Waals surface area contributed by atoms with E-state index >= 15 is 0 Å². The molecule has 1 heterocycles. The van der Waals surface area contributed by atoms with Crippen LogP contribution in [0.5, 0.6) is 5.75 Å². The fraction of sp³-hybridized carbons (Fsp3) is 0.600. The summed E-state index contributed by atoms with van der Waals surface area (Å²) in [6.45, 7) is 29.2. The monoisotopic (exact) mass is 662 g/mol. The first-order valence-corrected chi connectivity index (χ1v) is 17.8. The number of nitrogens with zero attached hydrogens (tertiary/aromatic N) is 4. The standard InChI is InChI=1S/C40H62N4O4/c1-12-16-34-19-20-35(47-26-14-13-21-41-22-24-42(25-23-41)36-18-15-17-31(4)32(36)5)27-37(34)43(29-45)33(6)48-38(46)44(28-30(2)3)40(10,11)39(7,8)9/h12,15-20,27,29-30,33H,13-14,21-26,28H2,1-11H3/b16-12-. The number of hydrogen-bond acceptors (Lipinski definition) is 6.